The predicted octanol–water partition coefficient (Wildman–Crippen LogP) is 6.80. The fraction of sp³-hybridized carbons (Fsp3) is 0.364. The van der Waals surface area contributed by atoms with Gasteiger partial charge in [-0.2, -0.15) is 26.3 Å². The van der Waals surface area contributed by atoms with Crippen LogP contribution < -0.4 is 10.6 Å². The van der Waals surface area contributed by atoms with E-state index in [0.717, 1.165) is 13.0 Å². The summed E-state index contributed by atoms with van der Waals surface area (Å²) < 4.78 is 92.5. The van der Waals surface area contributed by atoms with E-state index in [9.17, 15) is 40.3 Å². The third-order valence-electron chi connectivity index (χ3n) is 4.92. The van der Waals surface area contributed by atoms with E-state index in [1.54, 1.807) is 0 Å². The van der Waals surface area contributed by atoms with Crippen LogP contribution in [0, 0.1) is 6.92 Å². The largest absolute Gasteiger partial charge is 0.435 e. The van der Waals surface area contributed by atoms with Gasteiger partial charge in [0.05, 0.1) is 24.2 Å². The number of alkyl halides is 7. The third-order valence-corrected chi connectivity index (χ3v) is 6.47. The van der Waals surface area contributed by atoms with Gasteiger partial charge in [-0.3, -0.25) is 9.59 Å². The molecule has 0 aromatic heterocycles. The zero-order valence-electron chi connectivity index (χ0n) is 19.0. The van der Waals surface area contributed by atoms with Crippen molar-refractivity contribution in [3.8, 4) is 0 Å². The van der Waals surface area contributed by atoms with Crippen LogP contribution in [0.15, 0.2) is 36.4 Å². The minimum Gasteiger partial charge on any atom is -0.355 e. The molecule has 0 aliphatic carbocycles. The van der Waals surface area contributed by atoms with E-state index in [2.05, 4.69) is 10.6 Å². The predicted molar refractivity (Wildman–Crippen MR) is 121 cm³/mol. The first kappa shape index (κ1) is 28.6. The second kappa shape index (κ2) is 9.80. The summed E-state index contributed by atoms with van der Waals surface area (Å²) in [6.07, 6.45) is -12.1. The molecule has 0 atom stereocenters. The molecule has 0 unspecified atom stereocenters. The first-order valence-electron chi connectivity index (χ1n) is 10.1. The van der Waals surface area contributed by atoms with Crippen LogP contribution in [0.25, 0.3) is 0 Å². The summed E-state index contributed by atoms with van der Waals surface area (Å²) >= 11 is 6.12. The normalized spacial score (nSPS) is 12.9. The van der Waals surface area contributed by atoms with Gasteiger partial charge in [-0.1, -0.05) is 49.4 Å². The average molecular weight is 543 g/mol. The van der Waals surface area contributed by atoms with Crippen LogP contribution in [0.3, 0.4) is 0 Å². The number of rotatable bonds is 6. The Kier molecular flexibility index (Phi) is 8.02. The van der Waals surface area contributed by atoms with E-state index in [0.29, 0.717) is 18.3 Å². The first-order valence-corrected chi connectivity index (χ1v) is 14.2. The number of hydrogen-bond donors (Lipinski definition) is 2. The fourth-order valence-electron chi connectivity index (χ4n) is 3.07. The molecule has 0 aliphatic heterocycles. The maximum Gasteiger partial charge on any atom is 0.435 e. The number of aryl methyl sites for hydroxylation is 1. The Morgan fingerprint density at radius 1 is 0.914 bits per heavy atom. The smallest absolute Gasteiger partial charge is 0.355 e. The van der Waals surface area contributed by atoms with Crippen LogP contribution in [0.1, 0.15) is 31.8 Å². The number of amides is 2. The molecule has 0 bridgehead atoms. The summed E-state index contributed by atoms with van der Waals surface area (Å²) in [7, 11) is -1.70. The number of benzene rings is 2. The van der Waals surface area contributed by atoms with Crippen LogP contribution in [-0.2, 0) is 5.67 Å². The summed E-state index contributed by atoms with van der Waals surface area (Å²) in [6, 6.07) is 5.45. The quantitative estimate of drug-likeness (QED) is 0.312. The molecule has 0 fully saturated rings. The molecule has 0 saturated heterocycles. The van der Waals surface area contributed by atoms with E-state index in [-0.39, 0.29) is 27.4 Å². The molecule has 35 heavy (non-hydrogen) atoms. The van der Waals surface area contributed by atoms with Gasteiger partial charge in [0.15, 0.2) is 0 Å². The first-order chi connectivity index (χ1) is 15.8. The van der Waals surface area contributed by atoms with Gasteiger partial charge in [0.2, 0.25) is 0 Å². The number of nitrogens with one attached hydrogen (secondary N) is 2. The molecule has 2 aromatic carbocycles. The third kappa shape index (κ3) is 6.15. The molecule has 2 amide bonds. The van der Waals surface area contributed by atoms with E-state index >= 15 is 0 Å². The monoisotopic (exact) mass is 542 g/mol. The Bertz CT molecular complexity index is 1110. The van der Waals surface area contributed by atoms with Crippen LogP contribution in [-0.4, -0.2) is 38.4 Å². The van der Waals surface area contributed by atoms with E-state index in [1.807, 2.05) is 19.6 Å². The molecule has 192 valence electrons. The van der Waals surface area contributed by atoms with E-state index < -0.39 is 43.5 Å². The molecule has 13 heteroatoms. The zero-order valence-corrected chi connectivity index (χ0v) is 20.8. The number of anilines is 1. The van der Waals surface area contributed by atoms with Gasteiger partial charge < -0.3 is 10.6 Å². The molecular formula is C22H22ClF7N2O2Si. The van der Waals surface area contributed by atoms with Gasteiger partial charge in [0.25, 0.3) is 11.8 Å². The highest BCUT2D eigenvalue weighted by atomic mass is 35.5. The SMILES string of the molecule is Cc1cc(C(F)(C(F)(F)F)C(F)(F)F)ccc1NC(=O)c1cccc(Cl)c1C(=O)NC[Si](C)(C)C. The lowest BCUT2D eigenvalue weighted by Gasteiger charge is -2.30. The van der Waals surface area contributed by atoms with Crippen molar-refractivity contribution in [3.05, 3.63) is 63.7 Å². The minimum absolute atomic E-state index is 0.0321. The lowest BCUT2D eigenvalue weighted by atomic mass is 9.92. The van der Waals surface area contributed by atoms with Crippen molar-refractivity contribution in [3.63, 3.8) is 0 Å². The van der Waals surface area contributed by atoms with Crippen LogP contribution in [0.5, 0.6) is 0 Å². The highest BCUT2D eigenvalue weighted by molar-refractivity contribution is 6.76. The fourth-order valence-corrected chi connectivity index (χ4v) is 4.03. The number of carbonyl (C=O) groups excluding carboxylic acids is 2. The van der Waals surface area contributed by atoms with Gasteiger partial charge in [0, 0.05) is 17.4 Å². The highest BCUT2D eigenvalue weighted by Crippen LogP contribution is 2.53. The molecule has 0 spiro atoms. The molecule has 2 rings (SSSR count). The Labute approximate surface area is 202 Å². The topological polar surface area (TPSA) is 58.2 Å². The van der Waals surface area contributed by atoms with Crippen molar-refractivity contribution in [1.29, 1.82) is 0 Å². The zero-order chi connectivity index (χ0) is 27.0. The Morgan fingerprint density at radius 2 is 1.49 bits per heavy atom. The Balaban J connectivity index is 2.41. The van der Waals surface area contributed by atoms with Crippen LogP contribution in [0.4, 0.5) is 36.4 Å². The molecular weight excluding hydrogens is 521 g/mol. The summed E-state index contributed by atoms with van der Waals surface area (Å²) in [6.45, 7) is 7.11. The standard InChI is InChI=1S/C22H22ClF7N2O2Si/c1-12-10-13(20(24,21(25,26)27)22(28,29)30)8-9-16(12)32-18(33)14-6-5-7-15(23)17(14)19(34)31-11-35(2,3)4/h5-10H,11H2,1-4H3,(H,31,34)(H,32,33). The maximum atomic E-state index is 14.3. The van der Waals surface area contributed by atoms with Gasteiger partial charge in [-0.25, -0.2) is 4.39 Å². The van der Waals surface area contributed by atoms with Gasteiger partial charge in [-0.05, 0) is 30.7 Å². The Hall–Kier alpha value is -2.60. The summed E-state index contributed by atoms with van der Waals surface area (Å²) in [5.74, 6) is -1.51. The second-order valence-electron chi connectivity index (χ2n) is 9.04. The summed E-state index contributed by atoms with van der Waals surface area (Å²) in [4.78, 5) is 25.6. The summed E-state index contributed by atoms with van der Waals surface area (Å²) in [5.41, 5.74) is -8.03. The number of carbonyl (C=O) groups is 2. The highest BCUT2D eigenvalue weighted by Gasteiger charge is 2.73. The summed E-state index contributed by atoms with van der Waals surface area (Å²) in [5, 5.41) is 5.00. The lowest BCUT2D eigenvalue weighted by molar-refractivity contribution is -0.348. The van der Waals surface area contributed by atoms with Crippen molar-refractivity contribution < 1.29 is 40.3 Å². The average Bonchev–Trinajstić information content (AvgIpc) is 2.70. The van der Waals surface area contributed by atoms with Crippen molar-refractivity contribution in [1.82, 2.24) is 5.32 Å². The van der Waals surface area contributed by atoms with Crippen molar-refractivity contribution in [2.45, 2.75) is 44.6 Å². The van der Waals surface area contributed by atoms with Gasteiger partial charge >= 0.3 is 18.0 Å². The van der Waals surface area contributed by atoms with Crippen molar-refractivity contribution in [2.24, 2.45) is 0 Å². The lowest BCUT2D eigenvalue weighted by Crippen LogP contribution is -2.50. The van der Waals surface area contributed by atoms with Crippen molar-refractivity contribution in [2.75, 3.05) is 11.5 Å². The van der Waals surface area contributed by atoms with E-state index in [4.69, 9.17) is 11.6 Å². The molecule has 2 aromatic rings. The van der Waals surface area contributed by atoms with Crippen molar-refractivity contribution >= 4 is 37.2 Å². The minimum atomic E-state index is -6.26. The molecule has 0 aliphatic rings. The molecule has 2 N–H and O–H groups in total. The second-order valence-corrected chi connectivity index (χ2v) is 14.9. The number of hydrogen-bond acceptors (Lipinski definition) is 2. The van der Waals surface area contributed by atoms with Crippen LogP contribution in [0.2, 0.25) is 24.7 Å². The van der Waals surface area contributed by atoms with Gasteiger partial charge in [-0.15, -0.1) is 0 Å². The van der Waals surface area contributed by atoms with Crippen LogP contribution >= 0.6 is 11.6 Å². The van der Waals surface area contributed by atoms with E-state index in [1.165, 1.54) is 18.2 Å². The number of halogens is 8. The Morgan fingerprint density at radius 3 is 1.97 bits per heavy atom. The molecule has 0 heterocycles. The maximum absolute atomic E-state index is 14.3. The molecule has 4 nitrogen and oxygen atoms in total. The molecule has 0 saturated carbocycles. The van der Waals surface area contributed by atoms with Gasteiger partial charge in [0.1, 0.15) is 0 Å². The molecule has 0 radical (unpaired) electrons.